The second-order valence-electron chi connectivity index (χ2n) is 6.40. The number of nitrogens with one attached hydrogen (secondary N) is 2. The van der Waals surface area contributed by atoms with E-state index in [0.717, 1.165) is 22.8 Å². The highest BCUT2D eigenvalue weighted by atomic mass is 32.2. The van der Waals surface area contributed by atoms with E-state index in [1.807, 2.05) is 38.1 Å². The summed E-state index contributed by atoms with van der Waals surface area (Å²) in [5.74, 6) is 3.23. The molecule has 1 aliphatic heterocycles. The molecule has 1 saturated heterocycles. The fraction of sp³-hybridized carbons (Fsp3) is 0.611. The number of hydrogen-bond donors (Lipinski definition) is 2. The number of aryl methyl sites for hydroxylation is 1. The van der Waals surface area contributed by atoms with Crippen LogP contribution in [0.3, 0.4) is 0 Å². The molecule has 1 atom stereocenters. The number of aliphatic imine (C=N–C) groups is 1. The summed E-state index contributed by atoms with van der Waals surface area (Å²) in [5, 5.41) is 6.24. The molecule has 152 valence electrons. The molecule has 0 bridgehead atoms. The molecule has 1 aromatic rings. The van der Waals surface area contributed by atoms with Gasteiger partial charge in [-0.1, -0.05) is 18.2 Å². The summed E-state index contributed by atoms with van der Waals surface area (Å²) in [6.07, 6.45) is -0.0563. The lowest BCUT2D eigenvalue weighted by Gasteiger charge is -2.25. The number of nitrogens with zero attached hydrogens (tertiary/aromatic N) is 2. The fourth-order valence-electron chi connectivity index (χ4n) is 2.66. The van der Waals surface area contributed by atoms with E-state index in [0.29, 0.717) is 32.1 Å². The third-order valence-corrected chi connectivity index (χ3v) is 7.03. The molecule has 27 heavy (non-hydrogen) atoms. The van der Waals surface area contributed by atoms with Crippen molar-refractivity contribution < 1.29 is 13.2 Å². The van der Waals surface area contributed by atoms with Gasteiger partial charge >= 0.3 is 0 Å². The molecule has 2 N–H and O–H groups in total. The highest BCUT2D eigenvalue weighted by Gasteiger charge is 2.23. The molecule has 1 unspecified atom stereocenters. The van der Waals surface area contributed by atoms with Crippen molar-refractivity contribution in [3.63, 3.8) is 0 Å². The van der Waals surface area contributed by atoms with Crippen molar-refractivity contribution in [2.45, 2.75) is 20.0 Å². The van der Waals surface area contributed by atoms with Crippen LogP contribution in [0, 0.1) is 6.92 Å². The van der Waals surface area contributed by atoms with Crippen molar-refractivity contribution in [2.75, 3.05) is 50.5 Å². The predicted molar refractivity (Wildman–Crippen MR) is 113 cm³/mol. The molecule has 0 amide bonds. The van der Waals surface area contributed by atoms with Crippen molar-refractivity contribution >= 4 is 27.7 Å². The van der Waals surface area contributed by atoms with Crippen LogP contribution >= 0.6 is 11.8 Å². The van der Waals surface area contributed by atoms with Crippen LogP contribution in [0.4, 0.5) is 0 Å². The Morgan fingerprint density at radius 2 is 2.00 bits per heavy atom. The summed E-state index contributed by atoms with van der Waals surface area (Å²) >= 11 is 1.79. The lowest BCUT2D eigenvalue weighted by Crippen LogP contribution is -2.45. The Bertz CT molecular complexity index is 719. The van der Waals surface area contributed by atoms with E-state index in [9.17, 15) is 8.42 Å². The smallest absolute Gasteiger partial charge is 0.215 e. The average Bonchev–Trinajstić information content (AvgIpc) is 2.67. The lowest BCUT2D eigenvalue weighted by atomic mass is 10.2. The van der Waals surface area contributed by atoms with Gasteiger partial charge in [-0.15, -0.1) is 0 Å². The normalized spacial score (nSPS) is 17.4. The van der Waals surface area contributed by atoms with E-state index < -0.39 is 10.0 Å². The van der Waals surface area contributed by atoms with Gasteiger partial charge in [-0.2, -0.15) is 11.8 Å². The van der Waals surface area contributed by atoms with Crippen molar-refractivity contribution in [1.29, 1.82) is 0 Å². The second kappa shape index (κ2) is 10.8. The molecule has 0 spiro atoms. The highest BCUT2D eigenvalue weighted by Crippen LogP contribution is 2.17. The molecule has 1 fully saturated rings. The van der Waals surface area contributed by atoms with Crippen LogP contribution in [0.2, 0.25) is 0 Å². The fourth-order valence-corrected chi connectivity index (χ4v) is 5.15. The number of sulfonamides is 1. The summed E-state index contributed by atoms with van der Waals surface area (Å²) in [4.78, 5) is 4.14. The van der Waals surface area contributed by atoms with Crippen LogP contribution in [0.5, 0.6) is 5.75 Å². The summed E-state index contributed by atoms with van der Waals surface area (Å²) in [7, 11) is -1.55. The SMILES string of the molecule is CN=C(NCCS(=O)(=O)N1CCSCC1)NCC(C)Oc1ccccc1C. The van der Waals surface area contributed by atoms with Crippen LogP contribution < -0.4 is 15.4 Å². The third kappa shape index (κ3) is 7.23. The Morgan fingerprint density at radius 1 is 1.30 bits per heavy atom. The van der Waals surface area contributed by atoms with Crippen LogP contribution in [0.1, 0.15) is 12.5 Å². The quantitative estimate of drug-likeness (QED) is 0.493. The van der Waals surface area contributed by atoms with Gasteiger partial charge in [0, 0.05) is 38.2 Å². The van der Waals surface area contributed by atoms with Crippen molar-refractivity contribution in [2.24, 2.45) is 4.99 Å². The van der Waals surface area contributed by atoms with E-state index in [4.69, 9.17) is 4.74 Å². The van der Waals surface area contributed by atoms with E-state index in [1.54, 1.807) is 23.1 Å². The van der Waals surface area contributed by atoms with Crippen molar-refractivity contribution in [3.05, 3.63) is 29.8 Å². The van der Waals surface area contributed by atoms with E-state index in [-0.39, 0.29) is 11.9 Å². The Hall–Kier alpha value is -1.45. The van der Waals surface area contributed by atoms with Crippen molar-refractivity contribution in [1.82, 2.24) is 14.9 Å². The third-order valence-electron chi connectivity index (χ3n) is 4.22. The number of thioether (sulfide) groups is 1. The van der Waals surface area contributed by atoms with Gasteiger partial charge in [-0.3, -0.25) is 4.99 Å². The van der Waals surface area contributed by atoms with Crippen LogP contribution in [-0.2, 0) is 10.0 Å². The first kappa shape index (κ1) is 21.8. The topological polar surface area (TPSA) is 83.0 Å². The Labute approximate surface area is 167 Å². The molecule has 1 aromatic carbocycles. The van der Waals surface area contributed by atoms with Gasteiger partial charge in [0.1, 0.15) is 11.9 Å². The maximum Gasteiger partial charge on any atom is 0.215 e. The molecule has 9 heteroatoms. The van der Waals surface area contributed by atoms with Gasteiger partial charge < -0.3 is 15.4 Å². The monoisotopic (exact) mass is 414 g/mol. The first-order valence-corrected chi connectivity index (χ1v) is 11.9. The molecular weight excluding hydrogens is 384 g/mol. The average molecular weight is 415 g/mol. The molecule has 0 aliphatic carbocycles. The summed E-state index contributed by atoms with van der Waals surface area (Å²) < 4.78 is 32.2. The minimum atomic E-state index is -3.21. The predicted octanol–water partition coefficient (Wildman–Crippen LogP) is 1.31. The number of rotatable bonds is 8. The maximum absolute atomic E-state index is 12.4. The van der Waals surface area contributed by atoms with Crippen molar-refractivity contribution in [3.8, 4) is 5.75 Å². The Kier molecular flexibility index (Phi) is 8.72. The van der Waals surface area contributed by atoms with Gasteiger partial charge in [0.2, 0.25) is 10.0 Å². The molecule has 1 aliphatic rings. The molecule has 2 rings (SSSR count). The van der Waals surface area contributed by atoms with Crippen LogP contribution in [-0.4, -0.2) is 75.3 Å². The zero-order chi connectivity index (χ0) is 19.7. The minimum absolute atomic E-state index is 0.0563. The molecule has 0 saturated carbocycles. The Balaban J connectivity index is 1.73. The minimum Gasteiger partial charge on any atom is -0.489 e. The summed E-state index contributed by atoms with van der Waals surface area (Å²) in [5.41, 5.74) is 1.09. The van der Waals surface area contributed by atoms with E-state index in [2.05, 4.69) is 15.6 Å². The first-order chi connectivity index (χ1) is 12.9. The van der Waals surface area contributed by atoms with Gasteiger partial charge in [-0.05, 0) is 25.5 Å². The number of hydrogen-bond acceptors (Lipinski definition) is 5. The van der Waals surface area contributed by atoms with Gasteiger partial charge in [-0.25, -0.2) is 12.7 Å². The maximum atomic E-state index is 12.4. The van der Waals surface area contributed by atoms with Gasteiger partial charge in [0.15, 0.2) is 5.96 Å². The largest absolute Gasteiger partial charge is 0.489 e. The van der Waals surface area contributed by atoms with Crippen LogP contribution in [0.25, 0.3) is 0 Å². The zero-order valence-corrected chi connectivity index (χ0v) is 17.9. The standard InChI is InChI=1S/C18H30N4O3S2/c1-15-6-4-5-7-17(15)25-16(2)14-21-18(19-3)20-8-13-27(23,24)22-9-11-26-12-10-22/h4-7,16H,8-14H2,1-3H3,(H2,19,20,21). The molecule has 0 radical (unpaired) electrons. The highest BCUT2D eigenvalue weighted by molar-refractivity contribution is 7.99. The number of ether oxygens (including phenoxy) is 1. The molecule has 0 aromatic heterocycles. The summed E-state index contributed by atoms with van der Waals surface area (Å²) in [6.45, 7) is 6.08. The number of guanidine groups is 1. The number of para-hydroxylation sites is 1. The Morgan fingerprint density at radius 3 is 2.67 bits per heavy atom. The van der Waals surface area contributed by atoms with Gasteiger partial charge in [0.25, 0.3) is 0 Å². The zero-order valence-electron chi connectivity index (χ0n) is 16.3. The number of benzene rings is 1. The molecule has 1 heterocycles. The second-order valence-corrected chi connectivity index (χ2v) is 9.71. The lowest BCUT2D eigenvalue weighted by molar-refractivity contribution is 0.222. The summed E-state index contributed by atoms with van der Waals surface area (Å²) in [6, 6.07) is 7.89. The molecule has 7 nitrogen and oxygen atoms in total. The van der Waals surface area contributed by atoms with E-state index >= 15 is 0 Å². The van der Waals surface area contributed by atoms with Gasteiger partial charge in [0.05, 0.1) is 12.3 Å². The first-order valence-electron chi connectivity index (χ1n) is 9.15. The van der Waals surface area contributed by atoms with Crippen LogP contribution in [0.15, 0.2) is 29.3 Å². The van der Waals surface area contributed by atoms with E-state index in [1.165, 1.54) is 0 Å². The molecular formula is C18H30N4O3S2.